The number of halogens is 1. The van der Waals surface area contributed by atoms with Gasteiger partial charge in [0.2, 0.25) is 0 Å². The van der Waals surface area contributed by atoms with Gasteiger partial charge in [-0.05, 0) is 36.8 Å². The van der Waals surface area contributed by atoms with Crippen LogP contribution in [0.4, 0.5) is 5.69 Å². The Bertz CT molecular complexity index is 560. The molecule has 0 aromatic heterocycles. The summed E-state index contributed by atoms with van der Waals surface area (Å²) in [5.74, 6) is 0.437. The molecule has 98 valence electrons. The molecule has 0 N–H and O–H groups in total. The Morgan fingerprint density at radius 1 is 1.05 bits per heavy atom. The Kier molecular flexibility index (Phi) is 4.23. The second kappa shape index (κ2) is 5.89. The monoisotopic (exact) mass is 273 g/mol. The minimum absolute atomic E-state index is 0.0232. The van der Waals surface area contributed by atoms with Gasteiger partial charge in [-0.3, -0.25) is 4.79 Å². The Labute approximate surface area is 118 Å². The maximum atomic E-state index is 12.3. The highest BCUT2D eigenvalue weighted by Crippen LogP contribution is 2.17. The zero-order valence-corrected chi connectivity index (χ0v) is 11.8. The van der Waals surface area contributed by atoms with Crippen molar-refractivity contribution in [1.29, 1.82) is 0 Å². The lowest BCUT2D eigenvalue weighted by Gasteiger charge is -2.17. The van der Waals surface area contributed by atoms with Crippen molar-refractivity contribution in [3.8, 4) is 0 Å². The van der Waals surface area contributed by atoms with E-state index in [-0.39, 0.29) is 5.91 Å². The lowest BCUT2D eigenvalue weighted by molar-refractivity contribution is 0.0993. The number of hydrogen-bond donors (Lipinski definition) is 0. The molecule has 2 rings (SSSR count). The Balaban J connectivity index is 2.20. The first-order chi connectivity index (χ1) is 9.11. The summed E-state index contributed by atoms with van der Waals surface area (Å²) in [6.07, 6.45) is 0. The fraction of sp³-hybridized carbons (Fsp3) is 0.188. The van der Waals surface area contributed by atoms with Gasteiger partial charge < -0.3 is 4.90 Å². The molecule has 0 radical (unpaired) electrons. The topological polar surface area (TPSA) is 20.3 Å². The molecule has 0 heterocycles. The first-order valence-electron chi connectivity index (χ1n) is 6.11. The number of alkyl halides is 1. The summed E-state index contributed by atoms with van der Waals surface area (Å²) in [6, 6.07) is 15.3. The third-order valence-corrected chi connectivity index (χ3v) is 3.39. The van der Waals surface area contributed by atoms with E-state index in [4.69, 9.17) is 11.6 Å². The van der Waals surface area contributed by atoms with E-state index in [0.717, 1.165) is 11.3 Å². The molecule has 0 fully saturated rings. The SMILES string of the molecule is Cc1ccc(N(C)C(=O)c2ccc(CCl)cc2)cc1. The zero-order valence-electron chi connectivity index (χ0n) is 11.1. The van der Waals surface area contributed by atoms with E-state index in [0.29, 0.717) is 11.4 Å². The molecule has 0 unspecified atom stereocenters. The predicted octanol–water partition coefficient (Wildman–Crippen LogP) is 4.01. The number of anilines is 1. The molecular weight excluding hydrogens is 258 g/mol. The molecule has 0 aliphatic rings. The average molecular weight is 274 g/mol. The number of rotatable bonds is 3. The minimum Gasteiger partial charge on any atom is -0.311 e. The van der Waals surface area contributed by atoms with Crippen molar-refractivity contribution in [2.75, 3.05) is 11.9 Å². The van der Waals surface area contributed by atoms with Gasteiger partial charge in [-0.2, -0.15) is 0 Å². The molecule has 0 bridgehead atoms. The molecule has 0 aliphatic carbocycles. The van der Waals surface area contributed by atoms with Gasteiger partial charge >= 0.3 is 0 Å². The molecule has 2 aromatic rings. The normalized spacial score (nSPS) is 10.3. The first-order valence-corrected chi connectivity index (χ1v) is 6.65. The summed E-state index contributed by atoms with van der Waals surface area (Å²) in [5.41, 5.74) is 3.74. The first kappa shape index (κ1) is 13.6. The van der Waals surface area contributed by atoms with Gasteiger partial charge in [0, 0.05) is 24.2 Å². The smallest absolute Gasteiger partial charge is 0.258 e. The van der Waals surface area contributed by atoms with Crippen LogP contribution in [-0.4, -0.2) is 13.0 Å². The molecule has 0 saturated carbocycles. The Morgan fingerprint density at radius 2 is 1.63 bits per heavy atom. The van der Waals surface area contributed by atoms with Crippen LogP contribution in [0.3, 0.4) is 0 Å². The van der Waals surface area contributed by atoms with Crippen LogP contribution >= 0.6 is 11.6 Å². The van der Waals surface area contributed by atoms with Gasteiger partial charge in [0.1, 0.15) is 0 Å². The summed E-state index contributed by atoms with van der Waals surface area (Å²) < 4.78 is 0. The van der Waals surface area contributed by atoms with Crippen LogP contribution in [0.1, 0.15) is 21.5 Å². The van der Waals surface area contributed by atoms with Crippen LogP contribution < -0.4 is 4.90 Å². The summed E-state index contributed by atoms with van der Waals surface area (Å²) in [4.78, 5) is 14.0. The Morgan fingerprint density at radius 3 is 2.16 bits per heavy atom. The molecule has 0 aliphatic heterocycles. The van der Waals surface area contributed by atoms with Crippen LogP contribution in [0.15, 0.2) is 48.5 Å². The number of amides is 1. The van der Waals surface area contributed by atoms with E-state index in [1.54, 1.807) is 11.9 Å². The maximum absolute atomic E-state index is 12.3. The molecule has 2 aromatic carbocycles. The fourth-order valence-electron chi connectivity index (χ4n) is 1.82. The number of nitrogens with zero attached hydrogens (tertiary/aromatic N) is 1. The number of carbonyl (C=O) groups excluding carboxylic acids is 1. The zero-order chi connectivity index (χ0) is 13.8. The van der Waals surface area contributed by atoms with Crippen LogP contribution in [0.5, 0.6) is 0 Å². The van der Waals surface area contributed by atoms with Crippen molar-refractivity contribution >= 4 is 23.2 Å². The van der Waals surface area contributed by atoms with Crippen molar-refractivity contribution in [2.45, 2.75) is 12.8 Å². The molecule has 1 amide bonds. The van der Waals surface area contributed by atoms with Crippen molar-refractivity contribution < 1.29 is 4.79 Å². The predicted molar refractivity (Wildman–Crippen MR) is 79.9 cm³/mol. The summed E-state index contributed by atoms with van der Waals surface area (Å²) in [6.45, 7) is 2.02. The Hall–Kier alpha value is -1.80. The third kappa shape index (κ3) is 3.15. The second-order valence-corrected chi connectivity index (χ2v) is 4.80. The lowest BCUT2D eigenvalue weighted by atomic mass is 10.1. The summed E-state index contributed by atoms with van der Waals surface area (Å²) >= 11 is 5.74. The van der Waals surface area contributed by atoms with Gasteiger partial charge in [0.25, 0.3) is 5.91 Å². The number of carbonyl (C=O) groups is 1. The average Bonchev–Trinajstić information content (AvgIpc) is 2.46. The lowest BCUT2D eigenvalue weighted by Crippen LogP contribution is -2.26. The van der Waals surface area contributed by atoms with Crippen molar-refractivity contribution in [1.82, 2.24) is 0 Å². The second-order valence-electron chi connectivity index (χ2n) is 4.53. The highest BCUT2D eigenvalue weighted by atomic mass is 35.5. The van der Waals surface area contributed by atoms with Crippen LogP contribution in [0.25, 0.3) is 0 Å². The molecule has 2 nitrogen and oxygen atoms in total. The van der Waals surface area contributed by atoms with Crippen molar-refractivity contribution in [3.63, 3.8) is 0 Å². The van der Waals surface area contributed by atoms with Crippen LogP contribution in [-0.2, 0) is 5.88 Å². The molecule has 0 atom stereocenters. The quantitative estimate of drug-likeness (QED) is 0.774. The largest absolute Gasteiger partial charge is 0.311 e. The van der Waals surface area contributed by atoms with Gasteiger partial charge in [-0.25, -0.2) is 0 Å². The van der Waals surface area contributed by atoms with E-state index >= 15 is 0 Å². The fourth-order valence-corrected chi connectivity index (χ4v) is 1.99. The van der Waals surface area contributed by atoms with Crippen LogP contribution in [0.2, 0.25) is 0 Å². The summed E-state index contributed by atoms with van der Waals surface area (Å²) in [7, 11) is 1.78. The third-order valence-electron chi connectivity index (χ3n) is 3.08. The molecule has 3 heteroatoms. The van der Waals surface area contributed by atoms with E-state index in [2.05, 4.69) is 0 Å². The highest BCUT2D eigenvalue weighted by Gasteiger charge is 2.12. The van der Waals surface area contributed by atoms with Crippen molar-refractivity contribution in [3.05, 3.63) is 65.2 Å². The molecule has 19 heavy (non-hydrogen) atoms. The maximum Gasteiger partial charge on any atom is 0.258 e. The molecule has 0 spiro atoms. The molecule has 0 saturated heterocycles. The van der Waals surface area contributed by atoms with E-state index in [1.807, 2.05) is 55.5 Å². The van der Waals surface area contributed by atoms with Crippen molar-refractivity contribution in [2.24, 2.45) is 0 Å². The van der Waals surface area contributed by atoms with Crippen LogP contribution in [0, 0.1) is 6.92 Å². The highest BCUT2D eigenvalue weighted by molar-refractivity contribution is 6.17. The molecular formula is C16H16ClNO. The standard InChI is InChI=1S/C16H16ClNO/c1-12-3-9-15(10-4-12)18(2)16(19)14-7-5-13(11-17)6-8-14/h3-10H,11H2,1-2H3. The number of aryl methyl sites for hydroxylation is 1. The van der Waals surface area contributed by atoms with E-state index < -0.39 is 0 Å². The number of hydrogen-bond acceptors (Lipinski definition) is 1. The number of benzene rings is 2. The minimum atomic E-state index is -0.0232. The summed E-state index contributed by atoms with van der Waals surface area (Å²) in [5, 5.41) is 0. The van der Waals surface area contributed by atoms with Gasteiger partial charge in [0.05, 0.1) is 0 Å². The van der Waals surface area contributed by atoms with E-state index in [1.165, 1.54) is 5.56 Å². The van der Waals surface area contributed by atoms with Gasteiger partial charge in [0.15, 0.2) is 0 Å². The van der Waals surface area contributed by atoms with E-state index in [9.17, 15) is 4.79 Å². The van der Waals surface area contributed by atoms with Gasteiger partial charge in [-0.15, -0.1) is 11.6 Å². The van der Waals surface area contributed by atoms with Gasteiger partial charge in [-0.1, -0.05) is 29.8 Å².